The molecule has 1 saturated heterocycles. The van der Waals surface area contributed by atoms with Crippen molar-refractivity contribution in [2.75, 3.05) is 19.6 Å². The van der Waals surface area contributed by atoms with E-state index in [4.69, 9.17) is 0 Å². The minimum atomic E-state index is -0.258. The Kier molecular flexibility index (Phi) is 5.76. The third-order valence-electron chi connectivity index (χ3n) is 7.07. The molecule has 0 radical (unpaired) electrons. The van der Waals surface area contributed by atoms with Crippen molar-refractivity contribution in [2.45, 2.75) is 57.3 Å². The maximum absolute atomic E-state index is 12.8. The number of pyridine rings is 1. The molecule has 1 saturated carbocycles. The number of fused-ring (bicyclic) bond motifs is 1. The summed E-state index contributed by atoms with van der Waals surface area (Å²) in [6.45, 7) is 3.24. The van der Waals surface area contributed by atoms with E-state index in [1.807, 2.05) is 18.2 Å². The summed E-state index contributed by atoms with van der Waals surface area (Å²) in [6, 6.07) is 8.88. The minimum absolute atomic E-state index is 0.190. The first-order chi connectivity index (χ1) is 15.2. The zero-order valence-electron chi connectivity index (χ0n) is 18.0. The summed E-state index contributed by atoms with van der Waals surface area (Å²) in [7, 11) is 0. The van der Waals surface area contributed by atoms with Crippen LogP contribution in [0.1, 0.15) is 63.1 Å². The van der Waals surface area contributed by atoms with Gasteiger partial charge in [-0.25, -0.2) is 4.79 Å². The van der Waals surface area contributed by atoms with Crippen LogP contribution >= 0.6 is 0 Å². The van der Waals surface area contributed by atoms with Gasteiger partial charge in [-0.3, -0.25) is 9.78 Å². The highest BCUT2D eigenvalue weighted by Gasteiger charge is 2.26. The SMILES string of the molecule is O=c1ccc2cccc(-n3nc([C@@H]4CCCN(CCC5CCCCC5)C4)[nH]c3=O)c2[nH]1. The molecule has 164 valence electrons. The summed E-state index contributed by atoms with van der Waals surface area (Å²) in [6.07, 6.45) is 10.4. The van der Waals surface area contributed by atoms with Crippen molar-refractivity contribution in [3.05, 3.63) is 57.0 Å². The maximum atomic E-state index is 12.8. The summed E-state index contributed by atoms with van der Waals surface area (Å²) < 4.78 is 1.40. The van der Waals surface area contributed by atoms with Crippen LogP contribution in [-0.2, 0) is 0 Å². The molecule has 31 heavy (non-hydrogen) atoms. The van der Waals surface area contributed by atoms with Crippen LogP contribution in [0.15, 0.2) is 39.9 Å². The van der Waals surface area contributed by atoms with E-state index in [0.717, 1.165) is 49.6 Å². The summed E-state index contributed by atoms with van der Waals surface area (Å²) >= 11 is 0. The van der Waals surface area contributed by atoms with Crippen molar-refractivity contribution in [2.24, 2.45) is 5.92 Å². The second-order valence-corrected chi connectivity index (χ2v) is 9.22. The molecule has 7 heteroatoms. The van der Waals surface area contributed by atoms with Crippen LogP contribution in [0.2, 0.25) is 0 Å². The van der Waals surface area contributed by atoms with Crippen LogP contribution in [0.3, 0.4) is 0 Å². The summed E-state index contributed by atoms with van der Waals surface area (Å²) in [4.78, 5) is 33.0. The predicted molar refractivity (Wildman–Crippen MR) is 122 cm³/mol. The lowest BCUT2D eigenvalue weighted by atomic mass is 9.86. The van der Waals surface area contributed by atoms with Gasteiger partial charge in [0.2, 0.25) is 5.56 Å². The molecule has 1 atom stereocenters. The number of benzene rings is 1. The van der Waals surface area contributed by atoms with Crippen molar-refractivity contribution in [3.8, 4) is 5.69 Å². The number of rotatable bonds is 5. The molecule has 1 aliphatic carbocycles. The lowest BCUT2D eigenvalue weighted by molar-refractivity contribution is 0.182. The summed E-state index contributed by atoms with van der Waals surface area (Å²) in [5, 5.41) is 5.54. The third-order valence-corrected chi connectivity index (χ3v) is 7.07. The van der Waals surface area contributed by atoms with Crippen LogP contribution in [0.25, 0.3) is 16.6 Å². The van der Waals surface area contributed by atoms with E-state index in [1.165, 1.54) is 49.3 Å². The minimum Gasteiger partial charge on any atom is -0.320 e. The van der Waals surface area contributed by atoms with E-state index < -0.39 is 0 Å². The fraction of sp³-hybridized carbons (Fsp3) is 0.542. The summed E-state index contributed by atoms with van der Waals surface area (Å²) in [5.74, 6) is 1.88. The number of likely N-dealkylation sites (tertiary alicyclic amines) is 1. The van der Waals surface area contributed by atoms with Gasteiger partial charge in [0.15, 0.2) is 0 Å². The van der Waals surface area contributed by atoms with E-state index in [9.17, 15) is 9.59 Å². The van der Waals surface area contributed by atoms with Crippen LogP contribution in [0.4, 0.5) is 0 Å². The zero-order valence-corrected chi connectivity index (χ0v) is 18.0. The Morgan fingerprint density at radius 2 is 1.84 bits per heavy atom. The molecule has 7 nitrogen and oxygen atoms in total. The van der Waals surface area contributed by atoms with E-state index in [0.29, 0.717) is 11.2 Å². The lowest BCUT2D eigenvalue weighted by Gasteiger charge is -2.33. The first-order valence-electron chi connectivity index (χ1n) is 11.7. The number of nitrogens with one attached hydrogen (secondary N) is 2. The number of hydrogen-bond donors (Lipinski definition) is 2. The summed E-state index contributed by atoms with van der Waals surface area (Å²) in [5.41, 5.74) is 0.789. The van der Waals surface area contributed by atoms with Crippen molar-refractivity contribution in [1.82, 2.24) is 24.6 Å². The van der Waals surface area contributed by atoms with E-state index in [1.54, 1.807) is 6.07 Å². The normalized spacial score (nSPS) is 21.0. The van der Waals surface area contributed by atoms with Crippen molar-refractivity contribution < 1.29 is 0 Å². The Labute approximate surface area is 181 Å². The number of para-hydroxylation sites is 1. The van der Waals surface area contributed by atoms with E-state index >= 15 is 0 Å². The highest BCUT2D eigenvalue weighted by Crippen LogP contribution is 2.29. The number of aromatic amines is 2. The molecule has 3 aromatic rings. The standard InChI is InChI=1S/C24H31N5O2/c30-21-12-11-18-8-4-10-20(22(18)25-21)29-24(31)26-23(27-29)19-9-5-14-28(16-19)15-13-17-6-2-1-3-7-17/h4,8,10-12,17,19H,1-3,5-7,9,13-16H2,(H,25,30)(H,26,27,31)/t19-/m1/s1. The molecule has 1 aromatic carbocycles. The molecule has 0 bridgehead atoms. The molecule has 5 rings (SSSR count). The molecule has 2 N–H and O–H groups in total. The third kappa shape index (κ3) is 4.37. The zero-order chi connectivity index (χ0) is 21.2. The molecule has 2 aromatic heterocycles. The van der Waals surface area contributed by atoms with Gasteiger partial charge in [-0.15, -0.1) is 5.10 Å². The Bertz CT molecular complexity index is 1150. The van der Waals surface area contributed by atoms with E-state index in [2.05, 4.69) is 20.0 Å². The van der Waals surface area contributed by atoms with Gasteiger partial charge >= 0.3 is 5.69 Å². The molecule has 0 amide bonds. The van der Waals surface area contributed by atoms with Crippen LogP contribution in [0, 0.1) is 5.92 Å². The Hall–Kier alpha value is -2.67. The van der Waals surface area contributed by atoms with Gasteiger partial charge in [-0.1, -0.05) is 44.2 Å². The number of nitrogens with zero attached hydrogens (tertiary/aromatic N) is 3. The van der Waals surface area contributed by atoms with Gasteiger partial charge in [0.25, 0.3) is 0 Å². The Morgan fingerprint density at radius 3 is 2.71 bits per heavy atom. The van der Waals surface area contributed by atoms with Crippen LogP contribution in [0.5, 0.6) is 0 Å². The van der Waals surface area contributed by atoms with Crippen molar-refractivity contribution in [1.29, 1.82) is 0 Å². The van der Waals surface area contributed by atoms with E-state index in [-0.39, 0.29) is 17.2 Å². The first kappa shape index (κ1) is 20.2. The fourth-order valence-electron chi connectivity index (χ4n) is 5.35. The average molecular weight is 422 g/mol. The van der Waals surface area contributed by atoms with Gasteiger partial charge in [-0.05, 0) is 50.4 Å². The number of H-pyrrole nitrogens is 2. The quantitative estimate of drug-likeness (QED) is 0.660. The number of piperidine rings is 1. The molecule has 3 heterocycles. The topological polar surface area (TPSA) is 86.8 Å². The molecular formula is C24H31N5O2. The maximum Gasteiger partial charge on any atom is 0.348 e. The van der Waals surface area contributed by atoms with Gasteiger partial charge < -0.3 is 9.88 Å². The number of aromatic nitrogens is 4. The molecule has 1 aliphatic heterocycles. The first-order valence-corrected chi connectivity index (χ1v) is 11.7. The average Bonchev–Trinajstić information content (AvgIpc) is 3.19. The van der Waals surface area contributed by atoms with Crippen LogP contribution < -0.4 is 11.2 Å². The fourth-order valence-corrected chi connectivity index (χ4v) is 5.35. The smallest absolute Gasteiger partial charge is 0.320 e. The highest BCUT2D eigenvalue weighted by atomic mass is 16.2. The van der Waals surface area contributed by atoms with Crippen LogP contribution in [-0.4, -0.2) is 44.3 Å². The lowest BCUT2D eigenvalue weighted by Crippen LogP contribution is -2.36. The van der Waals surface area contributed by atoms with Crippen molar-refractivity contribution >= 4 is 10.9 Å². The van der Waals surface area contributed by atoms with Gasteiger partial charge in [0.05, 0.1) is 11.2 Å². The predicted octanol–water partition coefficient (Wildman–Crippen LogP) is 3.55. The largest absolute Gasteiger partial charge is 0.348 e. The molecule has 2 aliphatic rings. The molecular weight excluding hydrogens is 390 g/mol. The number of hydrogen-bond acceptors (Lipinski definition) is 4. The monoisotopic (exact) mass is 421 g/mol. The highest BCUT2D eigenvalue weighted by molar-refractivity contribution is 5.85. The second kappa shape index (κ2) is 8.83. The van der Waals surface area contributed by atoms with Gasteiger partial charge in [0.1, 0.15) is 5.82 Å². The molecule has 0 spiro atoms. The van der Waals surface area contributed by atoms with Gasteiger partial charge in [0, 0.05) is 23.9 Å². The second-order valence-electron chi connectivity index (χ2n) is 9.22. The molecule has 0 unspecified atom stereocenters. The van der Waals surface area contributed by atoms with Crippen molar-refractivity contribution in [3.63, 3.8) is 0 Å². The molecule has 2 fully saturated rings. The van der Waals surface area contributed by atoms with Gasteiger partial charge in [-0.2, -0.15) is 4.68 Å². The Balaban J connectivity index is 1.34. The Morgan fingerprint density at radius 1 is 0.968 bits per heavy atom.